The van der Waals surface area contributed by atoms with Gasteiger partial charge in [0.2, 0.25) is 10.0 Å². The van der Waals surface area contributed by atoms with Crippen molar-refractivity contribution in [3.63, 3.8) is 0 Å². The Morgan fingerprint density at radius 2 is 1.68 bits per heavy atom. The zero-order valence-electron chi connectivity index (χ0n) is 19.6. The molecule has 0 aliphatic carbocycles. The van der Waals surface area contributed by atoms with E-state index >= 15 is 0 Å². The molecule has 0 saturated carbocycles. The van der Waals surface area contributed by atoms with Crippen molar-refractivity contribution in [2.45, 2.75) is 38.0 Å². The van der Waals surface area contributed by atoms with Gasteiger partial charge in [0.1, 0.15) is 19.0 Å². The van der Waals surface area contributed by atoms with Gasteiger partial charge in [-0.2, -0.15) is 4.31 Å². The highest BCUT2D eigenvalue weighted by atomic mass is 32.2. The summed E-state index contributed by atoms with van der Waals surface area (Å²) in [6, 6.07) is 13.5. The minimum absolute atomic E-state index is 0.103. The summed E-state index contributed by atoms with van der Waals surface area (Å²) in [6.07, 6.45) is 1.69. The van der Waals surface area contributed by atoms with Crippen molar-refractivity contribution in [3.8, 4) is 5.75 Å². The maximum Gasteiger partial charge on any atom is 0.338 e. The van der Waals surface area contributed by atoms with Crippen molar-refractivity contribution in [2.75, 3.05) is 32.9 Å². The molecule has 3 rings (SSSR count). The second kappa shape index (κ2) is 12.0. The summed E-state index contributed by atoms with van der Waals surface area (Å²) in [5.41, 5.74) is 1.47. The second-order valence-electron chi connectivity index (χ2n) is 7.94. The lowest BCUT2D eigenvalue weighted by molar-refractivity contribution is -0.150. The van der Waals surface area contributed by atoms with Crippen LogP contribution in [0.2, 0.25) is 0 Å². The van der Waals surface area contributed by atoms with Gasteiger partial charge in [0, 0.05) is 13.1 Å². The molecule has 1 aliphatic heterocycles. The van der Waals surface area contributed by atoms with Crippen LogP contribution in [0.5, 0.6) is 5.75 Å². The first-order valence-corrected chi connectivity index (χ1v) is 12.9. The first kappa shape index (κ1) is 25.7. The van der Waals surface area contributed by atoms with E-state index in [4.69, 9.17) is 14.2 Å². The van der Waals surface area contributed by atoms with Crippen LogP contribution in [0.1, 0.15) is 42.6 Å². The predicted molar refractivity (Wildman–Crippen MR) is 126 cm³/mol. The van der Waals surface area contributed by atoms with Gasteiger partial charge in [0.15, 0.2) is 0 Å². The Hall–Kier alpha value is -2.91. The summed E-state index contributed by atoms with van der Waals surface area (Å²) in [7, 11) is -3.71. The third-order valence-electron chi connectivity index (χ3n) is 5.69. The van der Waals surface area contributed by atoms with Gasteiger partial charge in [0.05, 0.1) is 23.0 Å². The zero-order chi connectivity index (χ0) is 24.6. The molecule has 0 bridgehead atoms. The van der Waals surface area contributed by atoms with E-state index in [1.807, 2.05) is 24.3 Å². The molecule has 1 fully saturated rings. The Labute approximate surface area is 200 Å². The summed E-state index contributed by atoms with van der Waals surface area (Å²) in [5.74, 6) is -0.433. The average molecular weight is 490 g/mol. The van der Waals surface area contributed by atoms with Crippen LogP contribution < -0.4 is 4.74 Å². The van der Waals surface area contributed by atoms with Crippen molar-refractivity contribution < 1.29 is 32.2 Å². The Kier molecular flexibility index (Phi) is 9.06. The second-order valence-corrected chi connectivity index (χ2v) is 9.88. The van der Waals surface area contributed by atoms with Crippen LogP contribution in [0.15, 0.2) is 53.4 Å². The Bertz CT molecular complexity index is 1070. The number of ether oxygens (including phenoxy) is 3. The lowest BCUT2D eigenvalue weighted by Crippen LogP contribution is -2.40. The van der Waals surface area contributed by atoms with E-state index in [0.29, 0.717) is 18.4 Å². The van der Waals surface area contributed by atoms with E-state index in [1.54, 1.807) is 6.92 Å². The summed E-state index contributed by atoms with van der Waals surface area (Å²) in [4.78, 5) is 24.3. The first-order chi connectivity index (χ1) is 16.3. The smallest absolute Gasteiger partial charge is 0.338 e. The van der Waals surface area contributed by atoms with Gasteiger partial charge in [-0.05, 0) is 68.1 Å². The molecule has 34 heavy (non-hydrogen) atoms. The molecule has 9 heteroatoms. The van der Waals surface area contributed by atoms with Crippen LogP contribution in [0.3, 0.4) is 0 Å². The quantitative estimate of drug-likeness (QED) is 0.372. The van der Waals surface area contributed by atoms with E-state index in [2.05, 4.69) is 6.92 Å². The number of carbonyl (C=O) groups is 2. The molecule has 0 amide bonds. The monoisotopic (exact) mass is 489 g/mol. The molecule has 2 aromatic rings. The number of carbonyl (C=O) groups excluding carboxylic acids is 2. The van der Waals surface area contributed by atoms with Gasteiger partial charge in [-0.3, -0.25) is 4.79 Å². The van der Waals surface area contributed by atoms with Crippen LogP contribution in [0.4, 0.5) is 0 Å². The van der Waals surface area contributed by atoms with Crippen LogP contribution in [0.25, 0.3) is 0 Å². The van der Waals surface area contributed by atoms with Gasteiger partial charge in [-0.15, -0.1) is 0 Å². The highest BCUT2D eigenvalue weighted by Crippen LogP contribution is 2.25. The van der Waals surface area contributed by atoms with Crippen molar-refractivity contribution in [1.29, 1.82) is 0 Å². The topological polar surface area (TPSA) is 99.2 Å². The molecule has 0 aromatic heterocycles. The molecule has 0 spiro atoms. The maximum absolute atomic E-state index is 12.9. The third kappa shape index (κ3) is 6.57. The number of rotatable bonds is 10. The van der Waals surface area contributed by atoms with Crippen LogP contribution in [0, 0.1) is 5.92 Å². The highest BCUT2D eigenvalue weighted by Gasteiger charge is 2.32. The normalized spacial score (nSPS) is 15.0. The van der Waals surface area contributed by atoms with Gasteiger partial charge >= 0.3 is 11.9 Å². The first-order valence-electron chi connectivity index (χ1n) is 11.5. The van der Waals surface area contributed by atoms with Gasteiger partial charge < -0.3 is 14.2 Å². The van der Waals surface area contributed by atoms with Gasteiger partial charge in [-0.1, -0.05) is 19.1 Å². The summed E-state index contributed by atoms with van der Waals surface area (Å²) in [6.45, 7) is 4.87. The third-order valence-corrected chi connectivity index (χ3v) is 7.61. The minimum Gasteiger partial charge on any atom is -0.490 e. The van der Waals surface area contributed by atoms with E-state index in [9.17, 15) is 18.0 Å². The molecule has 1 heterocycles. The van der Waals surface area contributed by atoms with Crippen molar-refractivity contribution >= 4 is 22.0 Å². The lowest BCUT2D eigenvalue weighted by Gasteiger charge is -2.30. The maximum atomic E-state index is 12.9. The number of piperidine rings is 1. The fourth-order valence-electron chi connectivity index (χ4n) is 3.73. The number of benzene rings is 2. The Balaban J connectivity index is 1.45. The standard InChI is InChI=1S/C25H31NO7S/c1-3-19-6-5-7-22(18-19)32-16-17-33-25(28)21-12-14-26(15-13-21)34(29,30)23-10-8-20(9-11-23)24(27)31-4-2/h5-11,18,21H,3-4,12-17H2,1-2H3. The summed E-state index contributed by atoms with van der Waals surface area (Å²) < 4.78 is 43.1. The van der Waals surface area contributed by atoms with Crippen LogP contribution in [-0.2, 0) is 30.7 Å². The van der Waals surface area contributed by atoms with Crippen molar-refractivity contribution in [3.05, 3.63) is 59.7 Å². The summed E-state index contributed by atoms with van der Waals surface area (Å²) >= 11 is 0. The molecule has 0 atom stereocenters. The van der Waals surface area contributed by atoms with Gasteiger partial charge in [-0.25, -0.2) is 13.2 Å². The number of hydrogen-bond acceptors (Lipinski definition) is 7. The van der Waals surface area contributed by atoms with E-state index in [0.717, 1.165) is 12.2 Å². The lowest BCUT2D eigenvalue weighted by atomic mass is 9.98. The molecular weight excluding hydrogens is 458 g/mol. The Morgan fingerprint density at radius 3 is 2.32 bits per heavy atom. The van der Waals surface area contributed by atoms with Crippen LogP contribution >= 0.6 is 0 Å². The Morgan fingerprint density at radius 1 is 0.971 bits per heavy atom. The van der Waals surface area contributed by atoms with Crippen LogP contribution in [-0.4, -0.2) is 57.6 Å². The fraction of sp³-hybridized carbons (Fsp3) is 0.440. The van der Waals surface area contributed by atoms with E-state index in [1.165, 1.54) is 34.1 Å². The largest absolute Gasteiger partial charge is 0.490 e. The van der Waals surface area contributed by atoms with Crippen molar-refractivity contribution in [2.24, 2.45) is 5.92 Å². The molecule has 0 unspecified atom stereocenters. The number of nitrogens with zero attached hydrogens (tertiary/aromatic N) is 1. The minimum atomic E-state index is -3.71. The molecule has 0 radical (unpaired) electrons. The molecule has 184 valence electrons. The number of sulfonamides is 1. The molecule has 0 N–H and O–H groups in total. The van der Waals surface area contributed by atoms with Gasteiger partial charge in [0.25, 0.3) is 0 Å². The predicted octanol–water partition coefficient (Wildman–Crippen LogP) is 3.45. The molecule has 8 nitrogen and oxygen atoms in total. The molecule has 1 aliphatic rings. The van der Waals surface area contributed by atoms with Crippen molar-refractivity contribution in [1.82, 2.24) is 4.31 Å². The zero-order valence-corrected chi connectivity index (χ0v) is 20.4. The number of hydrogen-bond donors (Lipinski definition) is 0. The molecular formula is C25H31NO7S. The highest BCUT2D eigenvalue weighted by molar-refractivity contribution is 7.89. The fourth-order valence-corrected chi connectivity index (χ4v) is 5.20. The van der Waals surface area contributed by atoms with E-state index < -0.39 is 16.0 Å². The number of esters is 2. The SMILES string of the molecule is CCOC(=O)c1ccc(S(=O)(=O)N2CCC(C(=O)OCCOc3cccc(CC)c3)CC2)cc1. The average Bonchev–Trinajstić information content (AvgIpc) is 2.87. The summed E-state index contributed by atoms with van der Waals surface area (Å²) in [5, 5.41) is 0. The molecule has 2 aromatic carbocycles. The van der Waals surface area contributed by atoms with E-state index in [-0.39, 0.29) is 49.7 Å². The molecule has 1 saturated heterocycles. The number of aryl methyl sites for hydroxylation is 1.